The third-order valence-electron chi connectivity index (χ3n) is 2.38. The maximum Gasteiger partial charge on any atom is 0.325 e. The van der Waals surface area contributed by atoms with Crippen LogP contribution in [0.4, 0.5) is 4.39 Å². The van der Waals surface area contributed by atoms with Crippen LogP contribution in [0.5, 0.6) is 0 Å². The van der Waals surface area contributed by atoms with Crippen LogP contribution in [0.3, 0.4) is 0 Å². The summed E-state index contributed by atoms with van der Waals surface area (Å²) in [6, 6.07) is 3.83. The molecule has 1 amide bonds. The number of esters is 1. The smallest absolute Gasteiger partial charge is 0.325 e. The zero-order valence-electron chi connectivity index (χ0n) is 10.1. The molecule has 0 saturated heterocycles. The van der Waals surface area contributed by atoms with Gasteiger partial charge in [-0.05, 0) is 41.1 Å². The molecule has 0 atom stereocenters. The lowest BCUT2D eigenvalue weighted by atomic mass is 10.2. The number of hydrogen-bond acceptors (Lipinski definition) is 3. The van der Waals surface area contributed by atoms with Crippen LogP contribution in [0.25, 0.3) is 0 Å². The first kappa shape index (κ1) is 14.6. The molecule has 6 heteroatoms. The molecule has 1 rings (SSSR count). The van der Waals surface area contributed by atoms with E-state index in [4.69, 9.17) is 0 Å². The number of carbonyl (C=O) groups excluding carboxylic acids is 2. The normalized spacial score (nSPS) is 10.0. The Balaban J connectivity index is 2.96. The van der Waals surface area contributed by atoms with Gasteiger partial charge in [-0.2, -0.15) is 0 Å². The molecule has 0 aliphatic heterocycles. The highest BCUT2D eigenvalue weighted by Gasteiger charge is 2.20. The molecule has 0 bridgehead atoms. The van der Waals surface area contributed by atoms with Crippen molar-refractivity contribution < 1.29 is 18.7 Å². The first-order valence-corrected chi connectivity index (χ1v) is 6.10. The van der Waals surface area contributed by atoms with E-state index in [1.54, 1.807) is 6.92 Å². The Morgan fingerprint density at radius 2 is 2.11 bits per heavy atom. The summed E-state index contributed by atoms with van der Waals surface area (Å²) < 4.78 is 18.1. The van der Waals surface area contributed by atoms with Gasteiger partial charge in [0, 0.05) is 11.0 Å². The molecule has 18 heavy (non-hydrogen) atoms. The summed E-state index contributed by atoms with van der Waals surface area (Å²) in [5, 5.41) is 0. The van der Waals surface area contributed by atoms with Crippen molar-refractivity contribution in [2.24, 2.45) is 0 Å². The van der Waals surface area contributed by atoms with Gasteiger partial charge in [-0.15, -0.1) is 0 Å². The van der Waals surface area contributed by atoms with E-state index >= 15 is 0 Å². The Morgan fingerprint density at radius 1 is 1.44 bits per heavy atom. The van der Waals surface area contributed by atoms with Gasteiger partial charge in [0.1, 0.15) is 12.4 Å². The topological polar surface area (TPSA) is 46.6 Å². The second kappa shape index (κ2) is 6.49. The zero-order chi connectivity index (χ0) is 13.7. The largest absolute Gasteiger partial charge is 0.468 e. The number of rotatable bonds is 4. The maximum absolute atomic E-state index is 13.1. The molecule has 0 unspecified atom stereocenters. The summed E-state index contributed by atoms with van der Waals surface area (Å²) in [6.45, 7) is 1.90. The molecule has 0 radical (unpaired) electrons. The number of halogens is 2. The molecule has 0 fully saturated rings. The summed E-state index contributed by atoms with van der Waals surface area (Å²) in [7, 11) is 1.25. The molecule has 0 N–H and O–H groups in total. The lowest BCUT2D eigenvalue weighted by Crippen LogP contribution is -2.36. The quantitative estimate of drug-likeness (QED) is 0.800. The van der Waals surface area contributed by atoms with E-state index in [0.29, 0.717) is 11.0 Å². The van der Waals surface area contributed by atoms with E-state index in [1.807, 2.05) is 0 Å². The number of methoxy groups -OCH3 is 1. The minimum atomic E-state index is -0.516. The van der Waals surface area contributed by atoms with Crippen LogP contribution in [0.1, 0.15) is 17.3 Å². The number of hydrogen-bond donors (Lipinski definition) is 0. The van der Waals surface area contributed by atoms with Crippen molar-refractivity contribution in [3.8, 4) is 0 Å². The first-order valence-electron chi connectivity index (χ1n) is 5.30. The number of ether oxygens (including phenoxy) is 1. The van der Waals surface area contributed by atoms with Crippen molar-refractivity contribution in [3.63, 3.8) is 0 Å². The summed E-state index contributed by atoms with van der Waals surface area (Å²) in [5.74, 6) is -1.44. The number of likely N-dealkylation sites (N-methyl/N-ethyl adjacent to an activating group) is 1. The van der Waals surface area contributed by atoms with Crippen molar-refractivity contribution in [2.45, 2.75) is 6.92 Å². The maximum atomic E-state index is 13.1. The molecule has 0 aromatic heterocycles. The highest BCUT2D eigenvalue weighted by Crippen LogP contribution is 2.19. The van der Waals surface area contributed by atoms with Crippen molar-refractivity contribution in [2.75, 3.05) is 20.2 Å². The fourth-order valence-electron chi connectivity index (χ4n) is 1.38. The molecular weight excluding hydrogens is 305 g/mol. The SMILES string of the molecule is CCN(CC(=O)OC)C(=O)c1cc(F)ccc1Br. The van der Waals surface area contributed by atoms with Gasteiger partial charge in [-0.3, -0.25) is 9.59 Å². The lowest BCUT2D eigenvalue weighted by molar-refractivity contribution is -0.141. The molecule has 98 valence electrons. The average Bonchev–Trinajstić information content (AvgIpc) is 2.37. The fourth-order valence-corrected chi connectivity index (χ4v) is 1.80. The van der Waals surface area contributed by atoms with Crippen LogP contribution in [-0.4, -0.2) is 37.0 Å². The minimum absolute atomic E-state index is 0.158. The third-order valence-corrected chi connectivity index (χ3v) is 3.07. The van der Waals surface area contributed by atoms with Gasteiger partial charge in [0.25, 0.3) is 5.91 Å². The molecule has 0 aliphatic carbocycles. The number of amides is 1. The van der Waals surface area contributed by atoms with Gasteiger partial charge in [0.2, 0.25) is 0 Å². The van der Waals surface area contributed by atoms with Crippen LogP contribution in [0, 0.1) is 5.82 Å². The Morgan fingerprint density at radius 3 is 2.67 bits per heavy atom. The molecule has 4 nitrogen and oxygen atoms in total. The Hall–Kier alpha value is -1.43. The third kappa shape index (κ3) is 3.53. The van der Waals surface area contributed by atoms with E-state index in [0.717, 1.165) is 6.07 Å². The van der Waals surface area contributed by atoms with Gasteiger partial charge in [0.15, 0.2) is 0 Å². The molecule has 1 aromatic carbocycles. The van der Waals surface area contributed by atoms with Gasteiger partial charge in [-0.1, -0.05) is 0 Å². The lowest BCUT2D eigenvalue weighted by Gasteiger charge is -2.20. The highest BCUT2D eigenvalue weighted by molar-refractivity contribution is 9.10. The molecule has 0 heterocycles. The summed E-state index contributed by atoms with van der Waals surface area (Å²) >= 11 is 3.18. The Labute approximate surface area is 113 Å². The Bertz CT molecular complexity index is 465. The average molecular weight is 318 g/mol. The monoisotopic (exact) mass is 317 g/mol. The van der Waals surface area contributed by atoms with E-state index in [-0.39, 0.29) is 12.1 Å². The van der Waals surface area contributed by atoms with E-state index in [1.165, 1.54) is 24.1 Å². The predicted octanol–water partition coefficient (Wildman–Crippen LogP) is 2.22. The van der Waals surface area contributed by atoms with Gasteiger partial charge in [0.05, 0.1) is 12.7 Å². The first-order chi connectivity index (χ1) is 8.49. The van der Waals surface area contributed by atoms with Crippen molar-refractivity contribution in [3.05, 3.63) is 34.1 Å². The van der Waals surface area contributed by atoms with Crippen LogP contribution < -0.4 is 0 Å². The van der Waals surface area contributed by atoms with E-state index in [9.17, 15) is 14.0 Å². The number of benzene rings is 1. The molecular formula is C12H13BrFNO3. The van der Waals surface area contributed by atoms with Crippen LogP contribution in [0.2, 0.25) is 0 Å². The molecule has 0 spiro atoms. The molecule has 0 aliphatic rings. The number of nitrogens with zero attached hydrogens (tertiary/aromatic N) is 1. The summed E-state index contributed by atoms with van der Waals surface area (Å²) in [6.07, 6.45) is 0. The van der Waals surface area contributed by atoms with Crippen LogP contribution in [-0.2, 0) is 9.53 Å². The number of carbonyl (C=O) groups is 2. The van der Waals surface area contributed by atoms with Crippen molar-refractivity contribution >= 4 is 27.8 Å². The minimum Gasteiger partial charge on any atom is -0.468 e. The second-order valence-electron chi connectivity index (χ2n) is 3.52. The molecule has 0 saturated carbocycles. The Kier molecular flexibility index (Phi) is 5.27. The second-order valence-corrected chi connectivity index (χ2v) is 4.37. The fraction of sp³-hybridized carbons (Fsp3) is 0.333. The van der Waals surface area contributed by atoms with Gasteiger partial charge >= 0.3 is 5.97 Å². The highest BCUT2D eigenvalue weighted by atomic mass is 79.9. The summed E-state index contributed by atoms with van der Waals surface area (Å²) in [4.78, 5) is 24.6. The van der Waals surface area contributed by atoms with Crippen molar-refractivity contribution in [1.82, 2.24) is 4.90 Å². The van der Waals surface area contributed by atoms with Crippen LogP contribution in [0.15, 0.2) is 22.7 Å². The van der Waals surface area contributed by atoms with Crippen molar-refractivity contribution in [1.29, 1.82) is 0 Å². The van der Waals surface area contributed by atoms with Gasteiger partial charge < -0.3 is 9.64 Å². The van der Waals surface area contributed by atoms with Gasteiger partial charge in [-0.25, -0.2) is 4.39 Å². The zero-order valence-corrected chi connectivity index (χ0v) is 11.7. The van der Waals surface area contributed by atoms with E-state index < -0.39 is 17.7 Å². The van der Waals surface area contributed by atoms with Crippen LogP contribution >= 0.6 is 15.9 Å². The molecule has 1 aromatic rings. The predicted molar refractivity (Wildman–Crippen MR) is 67.7 cm³/mol. The van der Waals surface area contributed by atoms with E-state index in [2.05, 4.69) is 20.7 Å². The standard InChI is InChI=1S/C12H13BrFNO3/c1-3-15(7-11(16)18-2)12(17)9-6-8(14)4-5-10(9)13/h4-6H,3,7H2,1-2H3. The summed E-state index contributed by atoms with van der Waals surface area (Å²) in [5.41, 5.74) is 0.181.